The van der Waals surface area contributed by atoms with Crippen molar-refractivity contribution in [2.45, 2.75) is 42.3 Å². The molecule has 116 valence electrons. The molecule has 2 aliphatic heterocycles. The number of ether oxygens (including phenoxy) is 2. The number of carbonyl (C=O) groups is 2. The second-order valence-electron chi connectivity index (χ2n) is 6.46. The summed E-state index contributed by atoms with van der Waals surface area (Å²) in [6.07, 6.45) is 1.63. The minimum Gasteiger partial charge on any atom is -0.468 e. The van der Waals surface area contributed by atoms with E-state index in [1.165, 1.54) is 7.11 Å². The molecule has 1 aliphatic carbocycles. The average molecular weight is 321 g/mol. The summed E-state index contributed by atoms with van der Waals surface area (Å²) in [6.45, 7) is 0. The van der Waals surface area contributed by atoms with Gasteiger partial charge in [-0.25, -0.2) is 0 Å². The van der Waals surface area contributed by atoms with Crippen molar-refractivity contribution in [1.82, 2.24) is 0 Å². The zero-order valence-electron chi connectivity index (χ0n) is 12.3. The Labute approximate surface area is 133 Å². The third-order valence-electron chi connectivity index (χ3n) is 5.57. The molecule has 0 aromatic heterocycles. The van der Waals surface area contributed by atoms with Crippen LogP contribution in [0, 0.1) is 5.41 Å². The van der Waals surface area contributed by atoms with E-state index in [9.17, 15) is 9.59 Å². The Morgan fingerprint density at radius 2 is 1.95 bits per heavy atom. The van der Waals surface area contributed by atoms with Gasteiger partial charge in [0.25, 0.3) is 0 Å². The number of benzene rings is 1. The number of halogens is 1. The second kappa shape index (κ2) is 4.33. The third kappa shape index (κ3) is 1.38. The van der Waals surface area contributed by atoms with E-state index in [0.717, 1.165) is 18.4 Å². The number of methoxy groups -OCH3 is 1. The fraction of sp³-hybridized carbons (Fsp3) is 0.529. The van der Waals surface area contributed by atoms with Crippen molar-refractivity contribution in [3.8, 4) is 0 Å². The van der Waals surface area contributed by atoms with Crippen LogP contribution in [0.15, 0.2) is 30.3 Å². The first-order valence-electron chi connectivity index (χ1n) is 7.55. The van der Waals surface area contributed by atoms with Crippen molar-refractivity contribution in [2.24, 2.45) is 5.41 Å². The van der Waals surface area contributed by atoms with Crippen molar-refractivity contribution >= 4 is 23.4 Å². The molecule has 1 aromatic rings. The van der Waals surface area contributed by atoms with E-state index >= 15 is 0 Å². The van der Waals surface area contributed by atoms with Crippen LogP contribution in [-0.2, 0) is 24.7 Å². The van der Waals surface area contributed by atoms with Gasteiger partial charge in [0.05, 0.1) is 7.11 Å². The summed E-state index contributed by atoms with van der Waals surface area (Å²) >= 11 is 6.98. The van der Waals surface area contributed by atoms with Gasteiger partial charge in [-0.15, -0.1) is 11.6 Å². The van der Waals surface area contributed by atoms with Gasteiger partial charge in [0, 0.05) is 11.8 Å². The van der Waals surface area contributed by atoms with Crippen molar-refractivity contribution in [3.63, 3.8) is 0 Å². The van der Waals surface area contributed by atoms with E-state index in [4.69, 9.17) is 21.1 Å². The maximum Gasteiger partial charge on any atom is 0.331 e. The third-order valence-corrected chi connectivity index (χ3v) is 6.41. The molecule has 2 saturated heterocycles. The SMILES string of the molecule is COC(=O)[C@]1(Cl)C2(CC2)[C@H]2O[C@]1(c1ccccc1)CCC2=O. The molecule has 0 amide bonds. The minimum atomic E-state index is -1.34. The van der Waals surface area contributed by atoms with Gasteiger partial charge in [-0.1, -0.05) is 30.3 Å². The van der Waals surface area contributed by atoms with Crippen LogP contribution in [0.3, 0.4) is 0 Å². The van der Waals surface area contributed by atoms with Crippen LogP contribution in [0.4, 0.5) is 0 Å². The summed E-state index contributed by atoms with van der Waals surface area (Å²) in [5, 5.41) is 0. The number of ketones is 1. The number of fused-ring (bicyclic) bond motifs is 3. The summed E-state index contributed by atoms with van der Waals surface area (Å²) in [5.41, 5.74) is -0.764. The lowest BCUT2D eigenvalue weighted by Crippen LogP contribution is -2.54. The number of hydrogen-bond acceptors (Lipinski definition) is 4. The molecule has 2 heterocycles. The van der Waals surface area contributed by atoms with Crippen molar-refractivity contribution < 1.29 is 19.1 Å². The van der Waals surface area contributed by atoms with Gasteiger partial charge in [-0.05, 0) is 24.8 Å². The van der Waals surface area contributed by atoms with E-state index in [0.29, 0.717) is 12.8 Å². The van der Waals surface area contributed by atoms with Crippen LogP contribution >= 0.6 is 11.6 Å². The van der Waals surface area contributed by atoms with Crippen LogP contribution in [0.5, 0.6) is 0 Å². The molecule has 5 heteroatoms. The number of carbonyl (C=O) groups excluding carboxylic acids is 2. The molecule has 3 fully saturated rings. The highest BCUT2D eigenvalue weighted by molar-refractivity contribution is 6.37. The lowest BCUT2D eigenvalue weighted by molar-refractivity contribution is -0.160. The molecule has 3 aliphatic rings. The lowest BCUT2D eigenvalue weighted by atomic mass is 9.72. The highest BCUT2D eigenvalue weighted by Crippen LogP contribution is 2.74. The molecule has 4 nitrogen and oxygen atoms in total. The van der Waals surface area contributed by atoms with Crippen molar-refractivity contribution in [1.29, 1.82) is 0 Å². The fourth-order valence-corrected chi connectivity index (χ4v) is 5.00. The molecule has 1 aromatic carbocycles. The molecular formula is C17H17ClO4. The smallest absolute Gasteiger partial charge is 0.331 e. The predicted molar refractivity (Wildman–Crippen MR) is 79.5 cm³/mol. The topological polar surface area (TPSA) is 52.6 Å². The van der Waals surface area contributed by atoms with Crippen LogP contribution in [0.2, 0.25) is 0 Å². The minimum absolute atomic E-state index is 0.0514. The summed E-state index contributed by atoms with van der Waals surface area (Å²) in [7, 11) is 1.34. The summed E-state index contributed by atoms with van der Waals surface area (Å²) < 4.78 is 11.3. The van der Waals surface area contributed by atoms with E-state index in [1.54, 1.807) is 0 Å². The number of Topliss-reactive ketones (excluding diaryl/α,β-unsaturated/α-hetero) is 1. The molecule has 0 unspecified atom stereocenters. The fourth-order valence-electron chi connectivity index (χ4n) is 4.38. The average Bonchev–Trinajstić information content (AvgIpc) is 3.33. The summed E-state index contributed by atoms with van der Waals surface area (Å²) in [5.74, 6) is -0.441. The van der Waals surface area contributed by atoms with E-state index < -0.39 is 28.0 Å². The molecule has 22 heavy (non-hydrogen) atoms. The van der Waals surface area contributed by atoms with Gasteiger partial charge >= 0.3 is 5.97 Å². The van der Waals surface area contributed by atoms with Gasteiger partial charge in [-0.2, -0.15) is 0 Å². The van der Waals surface area contributed by atoms with Crippen LogP contribution in [-0.4, -0.2) is 29.8 Å². The highest BCUT2D eigenvalue weighted by Gasteiger charge is 2.83. The Kier molecular flexibility index (Phi) is 2.80. The quantitative estimate of drug-likeness (QED) is 0.621. The van der Waals surface area contributed by atoms with Gasteiger partial charge in [-0.3, -0.25) is 9.59 Å². The van der Waals surface area contributed by atoms with Gasteiger partial charge in [0.15, 0.2) is 10.7 Å². The Hall–Kier alpha value is -1.39. The Morgan fingerprint density at radius 3 is 2.55 bits per heavy atom. The molecule has 1 saturated carbocycles. The predicted octanol–water partition coefficient (Wildman–Crippen LogP) is 2.57. The monoisotopic (exact) mass is 320 g/mol. The lowest BCUT2D eigenvalue weighted by Gasteiger charge is -2.41. The normalized spacial score (nSPS) is 38.1. The van der Waals surface area contributed by atoms with Gasteiger partial charge in [0.1, 0.15) is 11.7 Å². The second-order valence-corrected chi connectivity index (χ2v) is 7.03. The maximum atomic E-state index is 12.7. The van der Waals surface area contributed by atoms with Crippen molar-refractivity contribution in [2.75, 3.05) is 7.11 Å². The van der Waals surface area contributed by atoms with Crippen molar-refractivity contribution in [3.05, 3.63) is 35.9 Å². The molecule has 1 spiro atoms. The first-order valence-corrected chi connectivity index (χ1v) is 7.93. The standard InChI is InChI=1S/C17H17ClO4/c1-21-14(20)17(18)15(9-10-15)13-12(19)7-8-16(17,22-13)11-5-3-2-4-6-11/h2-6,13H,7-10H2,1H3/t13-,16-,17-/m0/s1. The molecule has 2 bridgehead atoms. The number of esters is 1. The van der Waals surface area contributed by atoms with E-state index in [2.05, 4.69) is 0 Å². The van der Waals surface area contributed by atoms with Crippen LogP contribution in [0.25, 0.3) is 0 Å². The summed E-state index contributed by atoms with van der Waals surface area (Å²) in [4.78, 5) is 23.7. The first kappa shape index (κ1) is 14.2. The van der Waals surface area contributed by atoms with E-state index in [1.807, 2.05) is 30.3 Å². The van der Waals surface area contributed by atoms with Crippen LogP contribution in [0.1, 0.15) is 31.2 Å². The number of rotatable bonds is 2. The van der Waals surface area contributed by atoms with Gasteiger partial charge < -0.3 is 9.47 Å². The Morgan fingerprint density at radius 1 is 1.27 bits per heavy atom. The highest BCUT2D eigenvalue weighted by atomic mass is 35.5. The first-order chi connectivity index (χ1) is 10.5. The number of alkyl halides is 1. The van der Waals surface area contributed by atoms with Crippen LogP contribution < -0.4 is 0 Å². The summed E-state index contributed by atoms with van der Waals surface area (Å²) in [6, 6.07) is 9.51. The maximum absolute atomic E-state index is 12.7. The zero-order valence-corrected chi connectivity index (χ0v) is 13.1. The Balaban J connectivity index is 1.96. The van der Waals surface area contributed by atoms with Gasteiger partial charge in [0.2, 0.25) is 0 Å². The molecule has 0 N–H and O–H groups in total. The number of hydrogen-bond donors (Lipinski definition) is 0. The molecule has 4 rings (SSSR count). The molecule has 0 radical (unpaired) electrons. The largest absolute Gasteiger partial charge is 0.468 e. The van der Waals surface area contributed by atoms with E-state index in [-0.39, 0.29) is 5.78 Å². The molecule has 3 atom stereocenters. The molecular weight excluding hydrogens is 304 g/mol. The zero-order chi connectivity index (χ0) is 15.6. The Bertz CT molecular complexity index is 654.